The largest absolute Gasteiger partial charge is 0.395 e. The van der Waals surface area contributed by atoms with Crippen LogP contribution in [0.4, 0.5) is 0 Å². The van der Waals surface area contributed by atoms with Crippen molar-refractivity contribution in [3.8, 4) is 0 Å². The van der Waals surface area contributed by atoms with Gasteiger partial charge in [-0.1, -0.05) is 36.6 Å². The molecule has 0 radical (unpaired) electrons. The third-order valence-electron chi connectivity index (χ3n) is 3.68. The van der Waals surface area contributed by atoms with Crippen LogP contribution in [0.1, 0.15) is 31.2 Å². The van der Waals surface area contributed by atoms with E-state index in [-0.39, 0.29) is 19.2 Å². The molecular weight excluding hydrogens is 310 g/mol. The molecule has 0 aromatic heterocycles. The Kier molecular flexibility index (Phi) is 5.81. The number of hydrogen-bond acceptors (Lipinski definition) is 3. The lowest BCUT2D eigenvalue weighted by Gasteiger charge is -2.25. The van der Waals surface area contributed by atoms with Crippen LogP contribution in [-0.2, 0) is 10.0 Å². The van der Waals surface area contributed by atoms with Gasteiger partial charge < -0.3 is 5.11 Å². The minimum atomic E-state index is -3.52. The predicted molar refractivity (Wildman–Crippen MR) is 85.5 cm³/mol. The second-order valence-corrected chi connectivity index (χ2v) is 7.38. The third kappa shape index (κ3) is 4.54. The zero-order valence-corrected chi connectivity index (χ0v) is 13.4. The predicted octanol–water partition coefficient (Wildman–Crippen LogP) is 2.88. The molecule has 1 N–H and O–H groups in total. The molecule has 116 valence electrons. The first-order valence-corrected chi connectivity index (χ1v) is 8.97. The van der Waals surface area contributed by atoms with E-state index in [0.717, 1.165) is 31.2 Å². The smallest absolute Gasteiger partial charge is 0.236 e. The summed E-state index contributed by atoms with van der Waals surface area (Å²) in [5.74, 6) is 0. The highest BCUT2D eigenvalue weighted by Crippen LogP contribution is 2.26. The van der Waals surface area contributed by atoms with Gasteiger partial charge in [0.25, 0.3) is 0 Å². The van der Waals surface area contributed by atoms with Gasteiger partial charge in [-0.15, -0.1) is 0 Å². The molecule has 0 heterocycles. The molecule has 0 bridgehead atoms. The second-order valence-electron chi connectivity index (χ2n) is 5.17. The summed E-state index contributed by atoms with van der Waals surface area (Å²) >= 11 is 5.80. The maximum absolute atomic E-state index is 12.4. The number of halogens is 1. The number of rotatable bonds is 6. The van der Waals surface area contributed by atoms with E-state index in [1.165, 1.54) is 9.71 Å². The molecule has 6 heteroatoms. The lowest BCUT2D eigenvalue weighted by atomic mass is 10.2. The third-order valence-corrected chi connectivity index (χ3v) is 5.55. The number of nitrogens with zero attached hydrogens (tertiary/aromatic N) is 1. The average molecular weight is 330 g/mol. The van der Waals surface area contributed by atoms with Crippen molar-refractivity contribution in [2.45, 2.75) is 31.7 Å². The van der Waals surface area contributed by atoms with Crippen molar-refractivity contribution >= 4 is 27.7 Å². The van der Waals surface area contributed by atoms with Crippen molar-refractivity contribution in [2.75, 3.05) is 13.2 Å². The molecule has 21 heavy (non-hydrogen) atoms. The van der Waals surface area contributed by atoms with Gasteiger partial charge in [-0.05, 0) is 36.6 Å². The second kappa shape index (κ2) is 7.40. The first-order valence-electron chi connectivity index (χ1n) is 7.09. The Balaban J connectivity index is 2.15. The summed E-state index contributed by atoms with van der Waals surface area (Å²) in [7, 11) is -3.52. The van der Waals surface area contributed by atoms with Crippen LogP contribution >= 0.6 is 11.6 Å². The van der Waals surface area contributed by atoms with Gasteiger partial charge >= 0.3 is 0 Å². The Morgan fingerprint density at radius 3 is 2.43 bits per heavy atom. The topological polar surface area (TPSA) is 57.6 Å². The van der Waals surface area contributed by atoms with Crippen molar-refractivity contribution in [1.82, 2.24) is 4.31 Å². The summed E-state index contributed by atoms with van der Waals surface area (Å²) in [5, 5.41) is 11.0. The molecule has 2 rings (SSSR count). The molecule has 1 aromatic rings. The van der Waals surface area contributed by atoms with E-state index in [9.17, 15) is 8.42 Å². The van der Waals surface area contributed by atoms with Crippen LogP contribution in [-0.4, -0.2) is 37.0 Å². The SMILES string of the molecule is O=S(=O)(C=Cc1ccc(Cl)cc1)N(CCO)C1CCCC1. The highest BCUT2D eigenvalue weighted by atomic mass is 35.5. The van der Waals surface area contributed by atoms with Crippen molar-refractivity contribution < 1.29 is 13.5 Å². The van der Waals surface area contributed by atoms with Gasteiger partial charge in [-0.2, -0.15) is 4.31 Å². The molecular formula is C15H20ClNO3S. The number of benzene rings is 1. The van der Waals surface area contributed by atoms with Gasteiger partial charge in [-0.3, -0.25) is 0 Å². The van der Waals surface area contributed by atoms with E-state index in [4.69, 9.17) is 16.7 Å². The van der Waals surface area contributed by atoms with Crippen LogP contribution in [0.5, 0.6) is 0 Å². The van der Waals surface area contributed by atoms with Gasteiger partial charge in [-0.25, -0.2) is 8.42 Å². The lowest BCUT2D eigenvalue weighted by Crippen LogP contribution is -2.39. The standard InChI is InChI=1S/C15H20ClNO3S/c16-14-7-5-13(6-8-14)9-12-21(19,20)17(10-11-18)15-3-1-2-4-15/h5-9,12,15,18H,1-4,10-11H2. The van der Waals surface area contributed by atoms with Gasteiger partial charge in [0, 0.05) is 23.0 Å². The van der Waals surface area contributed by atoms with E-state index in [1.54, 1.807) is 30.3 Å². The van der Waals surface area contributed by atoms with Gasteiger partial charge in [0.15, 0.2) is 0 Å². The monoisotopic (exact) mass is 329 g/mol. The van der Waals surface area contributed by atoms with E-state index in [1.807, 2.05) is 0 Å². The van der Waals surface area contributed by atoms with Crippen LogP contribution in [0, 0.1) is 0 Å². The van der Waals surface area contributed by atoms with E-state index in [2.05, 4.69) is 0 Å². The summed E-state index contributed by atoms with van der Waals surface area (Å²) in [6.07, 6.45) is 5.39. The molecule has 1 aliphatic carbocycles. The Morgan fingerprint density at radius 1 is 1.24 bits per heavy atom. The van der Waals surface area contributed by atoms with E-state index in [0.29, 0.717) is 5.02 Å². The van der Waals surface area contributed by atoms with E-state index < -0.39 is 10.0 Å². The first kappa shape index (κ1) is 16.5. The van der Waals surface area contributed by atoms with Gasteiger partial charge in [0.2, 0.25) is 10.0 Å². The molecule has 0 atom stereocenters. The van der Waals surface area contributed by atoms with Crippen LogP contribution in [0.25, 0.3) is 6.08 Å². The zero-order chi connectivity index (χ0) is 15.3. The lowest BCUT2D eigenvalue weighted by molar-refractivity contribution is 0.228. The molecule has 1 fully saturated rings. The minimum Gasteiger partial charge on any atom is -0.395 e. The molecule has 0 saturated heterocycles. The Hall–Kier alpha value is -0.880. The number of sulfonamides is 1. The fourth-order valence-corrected chi connectivity index (χ4v) is 4.20. The quantitative estimate of drug-likeness (QED) is 0.873. The summed E-state index contributed by atoms with van der Waals surface area (Å²) in [6, 6.07) is 6.98. The van der Waals surface area contributed by atoms with Crippen LogP contribution in [0.15, 0.2) is 29.7 Å². The molecule has 1 aliphatic rings. The highest BCUT2D eigenvalue weighted by Gasteiger charge is 2.29. The molecule has 4 nitrogen and oxygen atoms in total. The van der Waals surface area contributed by atoms with Gasteiger partial charge in [0.05, 0.1) is 6.61 Å². The van der Waals surface area contributed by atoms with Crippen molar-refractivity contribution in [3.05, 3.63) is 40.3 Å². The fraction of sp³-hybridized carbons (Fsp3) is 0.467. The normalized spacial score (nSPS) is 17.1. The van der Waals surface area contributed by atoms with Crippen LogP contribution in [0.2, 0.25) is 5.02 Å². The van der Waals surface area contributed by atoms with Crippen molar-refractivity contribution in [3.63, 3.8) is 0 Å². The summed E-state index contributed by atoms with van der Waals surface area (Å²) in [6.45, 7) is -0.0114. The Morgan fingerprint density at radius 2 is 1.86 bits per heavy atom. The molecule has 0 aliphatic heterocycles. The molecule has 0 amide bonds. The average Bonchev–Trinajstić information content (AvgIpc) is 2.98. The fourth-order valence-electron chi connectivity index (χ4n) is 2.63. The molecule has 1 aromatic carbocycles. The number of aliphatic hydroxyl groups excluding tert-OH is 1. The maximum atomic E-state index is 12.4. The van der Waals surface area contributed by atoms with Crippen molar-refractivity contribution in [1.29, 1.82) is 0 Å². The highest BCUT2D eigenvalue weighted by molar-refractivity contribution is 7.92. The van der Waals surface area contributed by atoms with Crippen LogP contribution in [0.3, 0.4) is 0 Å². The van der Waals surface area contributed by atoms with Crippen LogP contribution < -0.4 is 0 Å². The first-order chi connectivity index (χ1) is 10.0. The zero-order valence-electron chi connectivity index (χ0n) is 11.8. The van der Waals surface area contributed by atoms with Crippen molar-refractivity contribution in [2.24, 2.45) is 0 Å². The number of aliphatic hydroxyl groups is 1. The van der Waals surface area contributed by atoms with Gasteiger partial charge in [0.1, 0.15) is 0 Å². The summed E-state index contributed by atoms with van der Waals surface area (Å²) in [5.41, 5.74) is 0.776. The Labute approximate surface area is 131 Å². The summed E-state index contributed by atoms with van der Waals surface area (Å²) < 4.78 is 26.3. The molecule has 0 spiro atoms. The van der Waals surface area contributed by atoms with E-state index >= 15 is 0 Å². The molecule has 0 unspecified atom stereocenters. The summed E-state index contributed by atoms with van der Waals surface area (Å²) in [4.78, 5) is 0. The minimum absolute atomic E-state index is 0.0111. The molecule has 1 saturated carbocycles. The maximum Gasteiger partial charge on any atom is 0.236 e. The Bertz CT molecular complexity index is 577. The number of hydrogen-bond donors (Lipinski definition) is 1.